The third kappa shape index (κ3) is 2.34. The van der Waals surface area contributed by atoms with Crippen LogP contribution in [0.25, 0.3) is 0 Å². The highest BCUT2D eigenvalue weighted by molar-refractivity contribution is 5.16. The second kappa shape index (κ2) is 5.68. The van der Waals surface area contributed by atoms with E-state index in [-0.39, 0.29) is 0 Å². The van der Waals surface area contributed by atoms with E-state index in [1.54, 1.807) is 0 Å². The fraction of sp³-hybridized carbons (Fsp3) is 0.750. The molecule has 0 spiro atoms. The first kappa shape index (κ1) is 13.2. The molecule has 3 heteroatoms. The zero-order valence-corrected chi connectivity index (χ0v) is 12.0. The van der Waals surface area contributed by atoms with E-state index in [9.17, 15) is 0 Å². The van der Waals surface area contributed by atoms with Crippen molar-refractivity contribution in [3.05, 3.63) is 24.2 Å². The average molecular weight is 262 g/mol. The number of furan rings is 1. The largest absolute Gasteiger partial charge is 0.468 e. The lowest BCUT2D eigenvalue weighted by Gasteiger charge is -2.44. The number of nitrogens with one attached hydrogen (secondary N) is 1. The number of rotatable bonds is 5. The second-order valence-electron chi connectivity index (χ2n) is 6.01. The van der Waals surface area contributed by atoms with E-state index in [4.69, 9.17) is 4.42 Å². The van der Waals surface area contributed by atoms with Crippen molar-refractivity contribution in [1.29, 1.82) is 0 Å². The summed E-state index contributed by atoms with van der Waals surface area (Å²) < 4.78 is 5.76. The molecule has 1 aromatic rings. The molecule has 0 aromatic carbocycles. The number of nitrogens with zero attached hydrogens (tertiary/aromatic N) is 1. The van der Waals surface area contributed by atoms with Gasteiger partial charge in [-0.1, -0.05) is 19.8 Å². The zero-order valence-electron chi connectivity index (χ0n) is 12.0. The first-order valence-electron chi connectivity index (χ1n) is 7.89. The summed E-state index contributed by atoms with van der Waals surface area (Å²) in [6, 6.07) is 4.52. The highest BCUT2D eigenvalue weighted by Crippen LogP contribution is 2.45. The molecule has 106 valence electrons. The molecule has 1 aromatic heterocycles. The van der Waals surface area contributed by atoms with E-state index in [0.717, 1.165) is 12.3 Å². The van der Waals surface area contributed by atoms with Gasteiger partial charge in [-0.15, -0.1) is 0 Å². The molecule has 0 radical (unpaired) electrons. The third-order valence-corrected chi connectivity index (χ3v) is 4.98. The molecule has 1 aliphatic carbocycles. The predicted octanol–water partition coefficient (Wildman–Crippen LogP) is 3.34. The summed E-state index contributed by atoms with van der Waals surface area (Å²) in [6.07, 6.45) is 9.87. The lowest BCUT2D eigenvalue weighted by Crippen LogP contribution is -2.54. The van der Waals surface area contributed by atoms with E-state index < -0.39 is 0 Å². The van der Waals surface area contributed by atoms with Crippen molar-refractivity contribution in [2.75, 3.05) is 19.6 Å². The van der Waals surface area contributed by atoms with Gasteiger partial charge in [0.15, 0.2) is 0 Å². The maximum Gasteiger partial charge on any atom is 0.122 e. The molecular weight excluding hydrogens is 236 g/mol. The predicted molar refractivity (Wildman–Crippen MR) is 77.1 cm³/mol. The third-order valence-electron chi connectivity index (χ3n) is 4.98. The van der Waals surface area contributed by atoms with Gasteiger partial charge in [0.1, 0.15) is 5.76 Å². The van der Waals surface area contributed by atoms with Crippen molar-refractivity contribution >= 4 is 0 Å². The van der Waals surface area contributed by atoms with Crippen molar-refractivity contribution in [3.63, 3.8) is 0 Å². The van der Waals surface area contributed by atoms with Crippen molar-refractivity contribution in [3.8, 4) is 0 Å². The minimum absolute atomic E-state index is 0.296. The summed E-state index contributed by atoms with van der Waals surface area (Å²) in [5.74, 6) is 1.12. The van der Waals surface area contributed by atoms with Crippen LogP contribution in [-0.4, -0.2) is 30.1 Å². The van der Waals surface area contributed by atoms with Gasteiger partial charge in [-0.3, -0.25) is 4.90 Å². The van der Waals surface area contributed by atoms with E-state index in [1.807, 2.05) is 12.3 Å². The standard InChI is InChI=1S/C16H26N2O/c1-2-17-15(14-8-7-13-19-14)16(9-3-4-10-16)18-11-5-6-12-18/h7-8,13,15,17H,2-6,9-12H2,1H3. The topological polar surface area (TPSA) is 28.4 Å². The van der Waals surface area contributed by atoms with Crippen molar-refractivity contribution in [2.24, 2.45) is 0 Å². The van der Waals surface area contributed by atoms with Gasteiger partial charge in [0.05, 0.1) is 12.3 Å². The summed E-state index contributed by atoms with van der Waals surface area (Å²) >= 11 is 0. The van der Waals surface area contributed by atoms with Crippen LogP contribution < -0.4 is 5.32 Å². The van der Waals surface area contributed by atoms with Crippen LogP contribution >= 0.6 is 0 Å². The summed E-state index contributed by atoms with van der Waals surface area (Å²) in [5, 5.41) is 3.71. The molecule has 0 bridgehead atoms. The maximum atomic E-state index is 5.76. The van der Waals surface area contributed by atoms with Gasteiger partial charge < -0.3 is 9.73 Å². The molecule has 0 amide bonds. The summed E-state index contributed by atoms with van der Waals surface area (Å²) in [6.45, 7) is 5.73. The van der Waals surface area contributed by atoms with Gasteiger partial charge in [-0.05, 0) is 57.5 Å². The Morgan fingerprint density at radius 3 is 2.58 bits per heavy atom. The highest BCUT2D eigenvalue weighted by atomic mass is 16.3. The molecular formula is C16H26N2O. The molecule has 2 aliphatic rings. The van der Waals surface area contributed by atoms with Crippen LogP contribution in [0.4, 0.5) is 0 Å². The maximum absolute atomic E-state index is 5.76. The van der Waals surface area contributed by atoms with Crippen LogP contribution in [-0.2, 0) is 0 Å². The first-order valence-corrected chi connectivity index (χ1v) is 7.89. The lowest BCUT2D eigenvalue weighted by molar-refractivity contribution is 0.0679. The Morgan fingerprint density at radius 1 is 1.26 bits per heavy atom. The smallest absolute Gasteiger partial charge is 0.122 e. The van der Waals surface area contributed by atoms with E-state index >= 15 is 0 Å². The normalized spacial score (nSPS) is 24.9. The fourth-order valence-corrected chi connectivity index (χ4v) is 4.15. The van der Waals surface area contributed by atoms with Crippen LogP contribution in [0.5, 0.6) is 0 Å². The van der Waals surface area contributed by atoms with Gasteiger partial charge in [0, 0.05) is 5.54 Å². The van der Waals surface area contributed by atoms with Gasteiger partial charge in [-0.2, -0.15) is 0 Å². The van der Waals surface area contributed by atoms with Crippen molar-refractivity contribution < 1.29 is 4.42 Å². The van der Waals surface area contributed by atoms with Crippen LogP contribution in [0.1, 0.15) is 57.3 Å². The Kier molecular flexibility index (Phi) is 3.94. The second-order valence-corrected chi connectivity index (χ2v) is 6.01. The molecule has 1 atom stereocenters. The SMILES string of the molecule is CCNC(c1ccco1)C1(N2CCCC2)CCCC1. The Balaban J connectivity index is 1.91. The van der Waals surface area contributed by atoms with Crippen molar-refractivity contribution in [1.82, 2.24) is 10.2 Å². The number of hydrogen-bond acceptors (Lipinski definition) is 3. The van der Waals surface area contributed by atoms with Gasteiger partial charge in [-0.25, -0.2) is 0 Å². The summed E-state index contributed by atoms with van der Waals surface area (Å²) in [5.41, 5.74) is 0.296. The Labute approximate surface area is 116 Å². The van der Waals surface area contributed by atoms with Gasteiger partial charge in [0.25, 0.3) is 0 Å². The minimum Gasteiger partial charge on any atom is -0.468 e. The Morgan fingerprint density at radius 2 is 2.00 bits per heavy atom. The average Bonchev–Trinajstić information content (AvgIpc) is 3.15. The van der Waals surface area contributed by atoms with Crippen LogP contribution in [0.2, 0.25) is 0 Å². The fourth-order valence-electron chi connectivity index (χ4n) is 4.15. The van der Waals surface area contributed by atoms with Crippen molar-refractivity contribution in [2.45, 2.75) is 57.0 Å². The van der Waals surface area contributed by atoms with Gasteiger partial charge in [0.2, 0.25) is 0 Å². The molecule has 2 fully saturated rings. The Hall–Kier alpha value is -0.800. The molecule has 1 unspecified atom stereocenters. The number of likely N-dealkylation sites (N-methyl/N-ethyl adjacent to an activating group) is 1. The molecule has 19 heavy (non-hydrogen) atoms. The van der Waals surface area contributed by atoms with Crippen LogP contribution in [0.15, 0.2) is 22.8 Å². The number of likely N-dealkylation sites (tertiary alicyclic amines) is 1. The molecule has 1 aliphatic heterocycles. The lowest BCUT2D eigenvalue weighted by atomic mass is 9.84. The highest BCUT2D eigenvalue weighted by Gasteiger charge is 2.47. The molecule has 3 rings (SSSR count). The molecule has 1 saturated carbocycles. The molecule has 1 saturated heterocycles. The quantitative estimate of drug-likeness (QED) is 0.882. The monoisotopic (exact) mass is 262 g/mol. The number of hydrogen-bond donors (Lipinski definition) is 1. The zero-order chi connectivity index (χ0) is 13.1. The summed E-state index contributed by atoms with van der Waals surface area (Å²) in [7, 11) is 0. The van der Waals surface area contributed by atoms with E-state index in [2.05, 4.69) is 23.2 Å². The van der Waals surface area contributed by atoms with E-state index in [0.29, 0.717) is 11.6 Å². The van der Waals surface area contributed by atoms with E-state index in [1.165, 1.54) is 51.6 Å². The molecule has 1 N–H and O–H groups in total. The van der Waals surface area contributed by atoms with Crippen LogP contribution in [0.3, 0.4) is 0 Å². The summed E-state index contributed by atoms with van der Waals surface area (Å²) in [4.78, 5) is 2.75. The molecule has 3 nitrogen and oxygen atoms in total. The van der Waals surface area contributed by atoms with Crippen LogP contribution in [0, 0.1) is 0 Å². The first-order chi connectivity index (χ1) is 9.37. The molecule has 2 heterocycles. The minimum atomic E-state index is 0.296. The Bertz CT molecular complexity index is 375. The van der Waals surface area contributed by atoms with Gasteiger partial charge >= 0.3 is 0 Å².